The number of rotatable bonds is 5. The lowest BCUT2D eigenvalue weighted by Crippen LogP contribution is -2.27. The molecule has 30 heavy (non-hydrogen) atoms. The molecule has 1 amide bonds. The molecule has 0 fully saturated rings. The summed E-state index contributed by atoms with van der Waals surface area (Å²) in [6.45, 7) is -0.110. The number of aromatic nitrogens is 4. The Morgan fingerprint density at radius 1 is 1.07 bits per heavy atom. The first-order valence-electron chi connectivity index (χ1n) is 9.08. The average molecular weight is 434 g/mol. The second-order valence-electron chi connectivity index (χ2n) is 6.57. The second-order valence-corrected chi connectivity index (χ2v) is 8.39. The summed E-state index contributed by atoms with van der Waals surface area (Å²) in [5.74, 6) is -0.300. The Bertz CT molecular complexity index is 1370. The molecule has 0 saturated carbocycles. The Morgan fingerprint density at radius 2 is 2.00 bits per heavy atom. The molecular formula is C21H15N5O2S2. The maximum Gasteiger partial charge on any atom is 0.254 e. The molecule has 0 radical (unpaired) electrons. The summed E-state index contributed by atoms with van der Waals surface area (Å²) in [5.41, 5.74) is 2.73. The molecule has 0 aliphatic rings. The van der Waals surface area contributed by atoms with Gasteiger partial charge in [-0.15, -0.1) is 22.7 Å². The molecule has 0 aliphatic heterocycles. The molecule has 5 rings (SSSR count). The van der Waals surface area contributed by atoms with Crippen molar-refractivity contribution >= 4 is 39.2 Å². The summed E-state index contributed by atoms with van der Waals surface area (Å²) in [4.78, 5) is 35.6. The van der Waals surface area contributed by atoms with Crippen molar-refractivity contribution in [3.8, 4) is 21.8 Å². The van der Waals surface area contributed by atoms with Gasteiger partial charge in [-0.25, -0.2) is 9.97 Å². The first kappa shape index (κ1) is 18.5. The van der Waals surface area contributed by atoms with E-state index in [2.05, 4.69) is 15.3 Å². The smallest absolute Gasteiger partial charge is 0.254 e. The number of benzene rings is 1. The highest BCUT2D eigenvalue weighted by Crippen LogP contribution is 2.24. The predicted molar refractivity (Wildman–Crippen MR) is 119 cm³/mol. The SMILES string of the molecule is O=C(Cn1cnc(-c2cccs2)cc1=O)Nc1cccc(-c2cn3ccsc3n2)c1. The van der Waals surface area contributed by atoms with Gasteiger partial charge < -0.3 is 5.32 Å². The fraction of sp³-hybridized carbons (Fsp3) is 0.0476. The molecule has 0 spiro atoms. The van der Waals surface area contributed by atoms with Gasteiger partial charge in [0, 0.05) is 35.1 Å². The highest BCUT2D eigenvalue weighted by atomic mass is 32.1. The van der Waals surface area contributed by atoms with Crippen LogP contribution < -0.4 is 10.9 Å². The van der Waals surface area contributed by atoms with Crippen molar-refractivity contribution in [1.29, 1.82) is 0 Å². The number of carbonyl (C=O) groups is 1. The van der Waals surface area contributed by atoms with E-state index in [4.69, 9.17) is 0 Å². The molecule has 5 aromatic rings. The summed E-state index contributed by atoms with van der Waals surface area (Å²) >= 11 is 3.08. The minimum atomic E-state index is -0.300. The number of thiazole rings is 1. The van der Waals surface area contributed by atoms with Gasteiger partial charge in [0.25, 0.3) is 5.56 Å². The lowest BCUT2D eigenvalue weighted by molar-refractivity contribution is -0.116. The Hall–Kier alpha value is -3.56. The minimum Gasteiger partial charge on any atom is -0.325 e. The molecule has 1 aromatic carbocycles. The van der Waals surface area contributed by atoms with Gasteiger partial charge in [0.05, 0.1) is 22.6 Å². The first-order chi connectivity index (χ1) is 14.7. The number of fused-ring (bicyclic) bond motifs is 1. The quantitative estimate of drug-likeness (QED) is 0.454. The molecular weight excluding hydrogens is 418 g/mol. The third kappa shape index (κ3) is 3.68. The number of imidazole rings is 1. The van der Waals surface area contributed by atoms with Gasteiger partial charge in [0.1, 0.15) is 6.54 Å². The lowest BCUT2D eigenvalue weighted by atomic mass is 10.1. The summed E-state index contributed by atoms with van der Waals surface area (Å²) in [7, 11) is 0. The standard InChI is InChI=1S/C21H15N5O2S2/c27-19(12-26-13-22-16(10-20(26)28)18-5-2-7-29-18)23-15-4-1-3-14(9-15)17-11-25-6-8-30-21(25)24-17/h1-11,13H,12H2,(H,23,27). The second kappa shape index (κ2) is 7.69. The van der Waals surface area contributed by atoms with Gasteiger partial charge in [-0.1, -0.05) is 18.2 Å². The normalized spacial score (nSPS) is 11.1. The lowest BCUT2D eigenvalue weighted by Gasteiger charge is -2.08. The average Bonchev–Trinajstić information content (AvgIpc) is 3.47. The molecule has 148 valence electrons. The van der Waals surface area contributed by atoms with Crippen LogP contribution in [0, 0.1) is 0 Å². The monoisotopic (exact) mass is 433 g/mol. The molecule has 0 atom stereocenters. The maximum absolute atomic E-state index is 12.5. The number of thiophene rings is 1. The predicted octanol–water partition coefficient (Wildman–Crippen LogP) is 3.99. The zero-order valence-corrected chi connectivity index (χ0v) is 17.2. The van der Waals surface area contributed by atoms with Crippen LogP contribution in [-0.2, 0) is 11.3 Å². The third-order valence-corrected chi connectivity index (χ3v) is 6.17. The molecule has 0 aliphatic carbocycles. The molecule has 0 saturated heterocycles. The zero-order valence-electron chi connectivity index (χ0n) is 15.6. The summed E-state index contributed by atoms with van der Waals surface area (Å²) < 4.78 is 3.25. The van der Waals surface area contributed by atoms with E-state index in [1.54, 1.807) is 17.4 Å². The minimum absolute atomic E-state index is 0.110. The van der Waals surface area contributed by atoms with Crippen molar-refractivity contribution < 1.29 is 4.79 Å². The van der Waals surface area contributed by atoms with E-state index in [1.165, 1.54) is 28.3 Å². The molecule has 7 nitrogen and oxygen atoms in total. The molecule has 4 heterocycles. The molecule has 9 heteroatoms. The van der Waals surface area contributed by atoms with Gasteiger partial charge in [0.15, 0.2) is 4.96 Å². The maximum atomic E-state index is 12.5. The summed E-state index contributed by atoms with van der Waals surface area (Å²) in [5, 5.41) is 6.75. The summed E-state index contributed by atoms with van der Waals surface area (Å²) in [6, 6.07) is 12.7. The first-order valence-corrected chi connectivity index (χ1v) is 10.8. The number of carbonyl (C=O) groups excluding carboxylic acids is 1. The fourth-order valence-electron chi connectivity index (χ4n) is 3.08. The highest BCUT2D eigenvalue weighted by molar-refractivity contribution is 7.15. The van der Waals surface area contributed by atoms with E-state index in [9.17, 15) is 9.59 Å². The van der Waals surface area contributed by atoms with Crippen LogP contribution in [0.3, 0.4) is 0 Å². The van der Waals surface area contributed by atoms with Crippen LogP contribution in [-0.4, -0.2) is 24.8 Å². The van der Waals surface area contributed by atoms with Gasteiger partial charge in [-0.05, 0) is 23.6 Å². The fourth-order valence-corrected chi connectivity index (χ4v) is 4.48. The zero-order chi connectivity index (χ0) is 20.5. The van der Waals surface area contributed by atoms with Crippen molar-refractivity contribution in [3.05, 3.63) is 82.3 Å². The van der Waals surface area contributed by atoms with E-state index in [0.717, 1.165) is 21.1 Å². The van der Waals surface area contributed by atoms with Crippen molar-refractivity contribution in [1.82, 2.24) is 18.9 Å². The number of anilines is 1. The van der Waals surface area contributed by atoms with Gasteiger partial charge in [-0.3, -0.25) is 18.6 Å². The van der Waals surface area contributed by atoms with E-state index >= 15 is 0 Å². The van der Waals surface area contributed by atoms with Gasteiger partial charge in [-0.2, -0.15) is 0 Å². The summed E-state index contributed by atoms with van der Waals surface area (Å²) in [6.07, 6.45) is 5.32. The van der Waals surface area contributed by atoms with Crippen LogP contribution in [0.5, 0.6) is 0 Å². The van der Waals surface area contributed by atoms with Crippen molar-refractivity contribution in [2.24, 2.45) is 0 Å². The van der Waals surface area contributed by atoms with E-state index in [1.807, 2.05) is 57.9 Å². The van der Waals surface area contributed by atoms with Crippen LogP contribution in [0.2, 0.25) is 0 Å². The highest BCUT2D eigenvalue weighted by Gasteiger charge is 2.10. The van der Waals surface area contributed by atoms with Crippen LogP contribution in [0.25, 0.3) is 26.8 Å². The Kier molecular flexibility index (Phi) is 4.74. The Morgan fingerprint density at radius 3 is 2.80 bits per heavy atom. The van der Waals surface area contributed by atoms with Crippen molar-refractivity contribution in [3.63, 3.8) is 0 Å². The van der Waals surface area contributed by atoms with Gasteiger partial charge in [0.2, 0.25) is 5.91 Å². The van der Waals surface area contributed by atoms with Crippen LogP contribution in [0.1, 0.15) is 0 Å². The molecule has 0 unspecified atom stereocenters. The number of hydrogen-bond acceptors (Lipinski definition) is 6. The van der Waals surface area contributed by atoms with E-state index in [0.29, 0.717) is 11.4 Å². The van der Waals surface area contributed by atoms with Crippen LogP contribution in [0.15, 0.2) is 76.7 Å². The number of amides is 1. The number of nitrogens with zero attached hydrogens (tertiary/aromatic N) is 4. The number of hydrogen-bond donors (Lipinski definition) is 1. The van der Waals surface area contributed by atoms with Crippen LogP contribution >= 0.6 is 22.7 Å². The van der Waals surface area contributed by atoms with Gasteiger partial charge >= 0.3 is 0 Å². The third-order valence-electron chi connectivity index (χ3n) is 4.50. The molecule has 0 bridgehead atoms. The largest absolute Gasteiger partial charge is 0.325 e. The topological polar surface area (TPSA) is 81.3 Å². The van der Waals surface area contributed by atoms with E-state index in [-0.39, 0.29) is 18.0 Å². The number of nitrogens with one attached hydrogen (secondary N) is 1. The Balaban J connectivity index is 1.31. The molecule has 4 aromatic heterocycles. The van der Waals surface area contributed by atoms with E-state index < -0.39 is 0 Å². The molecule has 1 N–H and O–H groups in total. The van der Waals surface area contributed by atoms with Crippen molar-refractivity contribution in [2.45, 2.75) is 6.54 Å². The van der Waals surface area contributed by atoms with Crippen LogP contribution in [0.4, 0.5) is 5.69 Å². The van der Waals surface area contributed by atoms with Crippen molar-refractivity contribution in [2.75, 3.05) is 5.32 Å². The Labute approximate surface area is 178 Å².